The van der Waals surface area contributed by atoms with Gasteiger partial charge in [-0.05, 0) is 89.9 Å². The molecule has 0 aromatic rings. The Bertz CT molecular complexity index is 1250. The number of hydrogen-bond acceptors (Lipinski definition) is 6. The van der Waals surface area contributed by atoms with Crippen LogP contribution < -0.4 is 0 Å². The first kappa shape index (κ1) is 66.1. The fourth-order valence-electron chi connectivity index (χ4n) is 8.48. The summed E-state index contributed by atoms with van der Waals surface area (Å²) in [5.74, 6) is -0.911. The summed E-state index contributed by atoms with van der Waals surface area (Å²) in [5, 5.41) is 0. The second-order valence-electron chi connectivity index (χ2n) is 19.9. The predicted octanol–water partition coefficient (Wildman–Crippen LogP) is 20.0. The summed E-state index contributed by atoms with van der Waals surface area (Å²) < 4.78 is 16.9. The van der Waals surface area contributed by atoms with Crippen molar-refractivity contribution >= 4 is 17.9 Å². The minimum Gasteiger partial charge on any atom is -0.462 e. The van der Waals surface area contributed by atoms with Crippen LogP contribution in [0.4, 0.5) is 0 Å². The molecule has 0 heterocycles. The van der Waals surface area contributed by atoms with Crippen LogP contribution in [0.5, 0.6) is 0 Å². The number of carbonyl (C=O) groups is 3. The quantitative estimate of drug-likeness (QED) is 0.0262. The van der Waals surface area contributed by atoms with Crippen LogP contribution in [0.15, 0.2) is 60.8 Å². The van der Waals surface area contributed by atoms with E-state index in [2.05, 4.69) is 81.5 Å². The summed E-state index contributed by atoms with van der Waals surface area (Å²) in [4.78, 5) is 38.2. The minimum absolute atomic E-state index is 0.0863. The van der Waals surface area contributed by atoms with E-state index in [1.165, 1.54) is 173 Å². The van der Waals surface area contributed by atoms with Crippen molar-refractivity contribution in [3.8, 4) is 0 Å². The predicted molar refractivity (Wildman–Crippen MR) is 298 cm³/mol. The van der Waals surface area contributed by atoms with Gasteiger partial charge in [-0.3, -0.25) is 14.4 Å². The standard InChI is InChI=1S/C63H112O6/c1-4-7-10-13-16-19-22-25-28-30-31-33-35-38-41-44-47-50-53-56-62(65)68-59-60(58-67-61(64)55-52-49-46-43-40-37-34-27-24-21-18-15-12-9-6-3)69-63(66)57-54-51-48-45-42-39-36-32-29-26-23-20-17-14-11-8-5-2/h16,19,25,27-28,31,33-34,38,41,60H,4-15,17-18,20-24,26,29-30,32,35-37,39-40,42-59H2,1-3H3/b19-16-,28-25-,33-31-,34-27-,41-38-/t60-/m1/s1. The first-order valence-corrected chi connectivity index (χ1v) is 29.8. The zero-order chi connectivity index (χ0) is 50.0. The Hall–Kier alpha value is -2.89. The highest BCUT2D eigenvalue weighted by Gasteiger charge is 2.19. The molecule has 0 radical (unpaired) electrons. The molecule has 0 aliphatic heterocycles. The molecule has 400 valence electrons. The van der Waals surface area contributed by atoms with Crippen LogP contribution in [0, 0.1) is 0 Å². The Morgan fingerprint density at radius 1 is 0.290 bits per heavy atom. The molecule has 0 saturated heterocycles. The molecule has 0 amide bonds. The van der Waals surface area contributed by atoms with E-state index in [4.69, 9.17) is 14.2 Å². The third kappa shape index (κ3) is 55.9. The van der Waals surface area contributed by atoms with Crippen LogP contribution in [-0.4, -0.2) is 37.2 Å². The van der Waals surface area contributed by atoms with E-state index in [0.29, 0.717) is 19.3 Å². The molecule has 6 nitrogen and oxygen atoms in total. The fraction of sp³-hybridized carbons (Fsp3) is 0.794. The molecule has 0 aliphatic carbocycles. The molecule has 0 fully saturated rings. The molecule has 69 heavy (non-hydrogen) atoms. The van der Waals surface area contributed by atoms with Gasteiger partial charge in [-0.1, -0.05) is 255 Å². The van der Waals surface area contributed by atoms with Crippen molar-refractivity contribution < 1.29 is 28.6 Å². The second kappa shape index (κ2) is 57.7. The van der Waals surface area contributed by atoms with Crippen molar-refractivity contribution in [1.29, 1.82) is 0 Å². The Balaban J connectivity index is 4.42. The molecule has 0 unspecified atom stereocenters. The van der Waals surface area contributed by atoms with Gasteiger partial charge >= 0.3 is 17.9 Å². The number of hydrogen-bond donors (Lipinski definition) is 0. The molecule has 0 aromatic heterocycles. The Morgan fingerprint density at radius 2 is 0.522 bits per heavy atom. The van der Waals surface area contributed by atoms with Crippen molar-refractivity contribution in [2.45, 2.75) is 309 Å². The van der Waals surface area contributed by atoms with Crippen LogP contribution in [0.3, 0.4) is 0 Å². The van der Waals surface area contributed by atoms with E-state index in [-0.39, 0.29) is 31.1 Å². The summed E-state index contributed by atoms with van der Waals surface area (Å²) in [6.45, 7) is 6.61. The number of unbranched alkanes of at least 4 members (excludes halogenated alkanes) is 33. The lowest BCUT2D eigenvalue weighted by molar-refractivity contribution is -0.167. The lowest BCUT2D eigenvalue weighted by atomic mass is 10.0. The van der Waals surface area contributed by atoms with Crippen molar-refractivity contribution in [3.63, 3.8) is 0 Å². The molecule has 0 rings (SSSR count). The third-order valence-corrected chi connectivity index (χ3v) is 13.0. The number of esters is 3. The Labute approximate surface area is 428 Å². The monoisotopic (exact) mass is 965 g/mol. The van der Waals surface area contributed by atoms with Gasteiger partial charge in [0.2, 0.25) is 0 Å². The van der Waals surface area contributed by atoms with E-state index in [1.807, 2.05) is 0 Å². The molecular formula is C63H112O6. The zero-order valence-electron chi connectivity index (χ0n) is 45.8. The summed E-state index contributed by atoms with van der Waals surface area (Å²) in [6.07, 6.45) is 72.1. The minimum atomic E-state index is -0.789. The summed E-state index contributed by atoms with van der Waals surface area (Å²) in [5.41, 5.74) is 0. The van der Waals surface area contributed by atoms with Crippen LogP contribution in [0.1, 0.15) is 303 Å². The maximum atomic E-state index is 12.9. The Kier molecular flexibility index (Phi) is 55.3. The highest BCUT2D eigenvalue weighted by atomic mass is 16.6. The van der Waals surface area contributed by atoms with Gasteiger partial charge in [0, 0.05) is 19.3 Å². The first-order valence-electron chi connectivity index (χ1n) is 29.8. The van der Waals surface area contributed by atoms with Crippen LogP contribution in [-0.2, 0) is 28.6 Å². The molecule has 0 saturated carbocycles. The third-order valence-electron chi connectivity index (χ3n) is 13.0. The van der Waals surface area contributed by atoms with Gasteiger partial charge in [-0.2, -0.15) is 0 Å². The number of allylic oxidation sites excluding steroid dienone is 10. The smallest absolute Gasteiger partial charge is 0.306 e. The molecule has 6 heteroatoms. The van der Waals surface area contributed by atoms with Crippen LogP contribution in [0.2, 0.25) is 0 Å². The second-order valence-corrected chi connectivity index (χ2v) is 19.9. The summed E-state index contributed by atoms with van der Waals surface area (Å²) in [7, 11) is 0. The van der Waals surface area contributed by atoms with E-state index in [1.54, 1.807) is 0 Å². The SMILES string of the molecule is CCCCC/C=C\C/C=C\C/C=C\C/C=C\CCCCCC(=O)OC[C@@H](COC(=O)CCCCCCC/C=C\CCCCCCCC)OC(=O)CCCCCCCCCCCCCCCCCCC. The normalized spacial score (nSPS) is 12.4. The molecule has 0 aromatic carbocycles. The summed E-state index contributed by atoms with van der Waals surface area (Å²) in [6, 6.07) is 0. The van der Waals surface area contributed by atoms with E-state index in [9.17, 15) is 14.4 Å². The van der Waals surface area contributed by atoms with Gasteiger partial charge < -0.3 is 14.2 Å². The first-order chi connectivity index (χ1) is 34.0. The lowest BCUT2D eigenvalue weighted by Gasteiger charge is -2.18. The molecular weight excluding hydrogens is 853 g/mol. The average molecular weight is 966 g/mol. The largest absolute Gasteiger partial charge is 0.462 e. The molecule has 0 bridgehead atoms. The van der Waals surface area contributed by atoms with Gasteiger partial charge in [-0.25, -0.2) is 0 Å². The van der Waals surface area contributed by atoms with E-state index < -0.39 is 6.10 Å². The van der Waals surface area contributed by atoms with Gasteiger partial charge in [0.25, 0.3) is 0 Å². The van der Waals surface area contributed by atoms with E-state index >= 15 is 0 Å². The highest BCUT2D eigenvalue weighted by Crippen LogP contribution is 2.16. The fourth-order valence-corrected chi connectivity index (χ4v) is 8.48. The highest BCUT2D eigenvalue weighted by molar-refractivity contribution is 5.71. The van der Waals surface area contributed by atoms with Gasteiger partial charge in [0.15, 0.2) is 6.10 Å². The molecule has 0 spiro atoms. The molecule has 0 N–H and O–H groups in total. The van der Waals surface area contributed by atoms with Crippen LogP contribution in [0.25, 0.3) is 0 Å². The lowest BCUT2D eigenvalue weighted by Crippen LogP contribution is -2.30. The Morgan fingerprint density at radius 3 is 0.870 bits per heavy atom. The van der Waals surface area contributed by atoms with Gasteiger partial charge in [0.05, 0.1) is 0 Å². The van der Waals surface area contributed by atoms with Crippen molar-refractivity contribution in [2.24, 2.45) is 0 Å². The maximum Gasteiger partial charge on any atom is 0.306 e. The van der Waals surface area contributed by atoms with Gasteiger partial charge in [0.1, 0.15) is 13.2 Å². The average Bonchev–Trinajstić information content (AvgIpc) is 3.35. The van der Waals surface area contributed by atoms with E-state index in [0.717, 1.165) is 89.9 Å². The maximum absolute atomic E-state index is 12.9. The molecule has 0 aliphatic rings. The van der Waals surface area contributed by atoms with Crippen LogP contribution >= 0.6 is 0 Å². The van der Waals surface area contributed by atoms with Gasteiger partial charge in [-0.15, -0.1) is 0 Å². The summed E-state index contributed by atoms with van der Waals surface area (Å²) >= 11 is 0. The zero-order valence-corrected chi connectivity index (χ0v) is 45.8. The number of ether oxygens (including phenoxy) is 3. The van der Waals surface area contributed by atoms with Crippen molar-refractivity contribution in [2.75, 3.05) is 13.2 Å². The van der Waals surface area contributed by atoms with Crippen molar-refractivity contribution in [3.05, 3.63) is 60.8 Å². The number of rotatable bonds is 54. The topological polar surface area (TPSA) is 78.9 Å². The molecule has 1 atom stereocenters. The number of carbonyl (C=O) groups excluding carboxylic acids is 3. The van der Waals surface area contributed by atoms with Crippen molar-refractivity contribution in [1.82, 2.24) is 0 Å².